The van der Waals surface area contributed by atoms with E-state index in [2.05, 4.69) is 10.3 Å². The highest BCUT2D eigenvalue weighted by molar-refractivity contribution is 7.73. The molecule has 0 saturated carbocycles. The Hall–Kier alpha value is -3.56. The molecule has 0 bridgehead atoms. The number of carbonyl (C=O) groups excluding carboxylic acids is 2. The topological polar surface area (TPSA) is 92.9 Å². The number of rotatable bonds is 6. The number of para-hydroxylation sites is 1. The zero-order valence-electron chi connectivity index (χ0n) is 17.9. The van der Waals surface area contributed by atoms with Crippen LogP contribution in [0, 0.1) is 3.95 Å². The van der Waals surface area contributed by atoms with E-state index < -0.39 is 12.0 Å². The molecular weight excluding hydrogens is 458 g/mol. The van der Waals surface area contributed by atoms with Crippen LogP contribution in [0.1, 0.15) is 40.7 Å². The average molecular weight is 480 g/mol. The number of nitrogens with one attached hydrogen (secondary N) is 1. The third kappa shape index (κ3) is 4.64. The van der Waals surface area contributed by atoms with Gasteiger partial charge < -0.3 is 15.2 Å². The summed E-state index contributed by atoms with van der Waals surface area (Å²) in [7, 11) is 0. The summed E-state index contributed by atoms with van der Waals surface area (Å²) >= 11 is 6.66. The van der Waals surface area contributed by atoms with Crippen molar-refractivity contribution in [2.24, 2.45) is 4.99 Å². The number of fused-ring (bicyclic) bond motifs is 1. The molecule has 1 aromatic heterocycles. The van der Waals surface area contributed by atoms with E-state index in [1.54, 1.807) is 44.3 Å². The molecule has 2 aromatic carbocycles. The molecule has 168 valence electrons. The maximum absolute atomic E-state index is 12.8. The first-order chi connectivity index (χ1) is 15.9. The van der Waals surface area contributed by atoms with Crippen molar-refractivity contribution in [1.29, 1.82) is 0 Å². The summed E-state index contributed by atoms with van der Waals surface area (Å²) in [6.45, 7) is 3.69. The number of esters is 1. The number of carbonyl (C=O) groups is 2. The van der Waals surface area contributed by atoms with E-state index in [1.807, 2.05) is 30.3 Å². The zero-order valence-corrected chi connectivity index (χ0v) is 19.6. The van der Waals surface area contributed by atoms with Gasteiger partial charge in [-0.25, -0.2) is 4.79 Å². The summed E-state index contributed by atoms with van der Waals surface area (Å²) < 4.78 is 6.76. The Balaban J connectivity index is 1.53. The molecule has 0 fully saturated rings. The van der Waals surface area contributed by atoms with E-state index in [1.165, 1.54) is 15.9 Å². The Labute approximate surface area is 199 Å². The number of aliphatic imine (C=N–C) groups is 1. The summed E-state index contributed by atoms with van der Waals surface area (Å²) in [4.78, 5) is 29.5. The van der Waals surface area contributed by atoms with Gasteiger partial charge in [-0.2, -0.15) is 0 Å². The van der Waals surface area contributed by atoms with Crippen molar-refractivity contribution in [1.82, 2.24) is 4.57 Å². The van der Waals surface area contributed by atoms with Crippen LogP contribution in [0.4, 0.5) is 11.4 Å². The Morgan fingerprint density at radius 2 is 1.97 bits per heavy atom. The fourth-order valence-corrected chi connectivity index (χ4v) is 4.81. The van der Waals surface area contributed by atoms with Crippen LogP contribution in [-0.4, -0.2) is 34.4 Å². The van der Waals surface area contributed by atoms with Crippen molar-refractivity contribution in [3.05, 3.63) is 68.5 Å². The lowest BCUT2D eigenvalue weighted by molar-refractivity contribution is -0.118. The van der Waals surface area contributed by atoms with Gasteiger partial charge in [0.2, 0.25) is 11.8 Å². The van der Waals surface area contributed by atoms with Crippen LogP contribution in [0.25, 0.3) is 11.6 Å². The van der Waals surface area contributed by atoms with Gasteiger partial charge >= 0.3 is 5.97 Å². The van der Waals surface area contributed by atoms with Crippen molar-refractivity contribution in [3.63, 3.8) is 0 Å². The van der Waals surface area contributed by atoms with Gasteiger partial charge in [0.15, 0.2) is 3.95 Å². The van der Waals surface area contributed by atoms with Gasteiger partial charge in [-0.1, -0.05) is 18.2 Å². The van der Waals surface area contributed by atoms with E-state index in [-0.39, 0.29) is 18.4 Å². The Kier molecular flexibility index (Phi) is 6.52. The van der Waals surface area contributed by atoms with Crippen molar-refractivity contribution in [3.8, 4) is 5.88 Å². The van der Waals surface area contributed by atoms with E-state index in [4.69, 9.17) is 17.0 Å². The molecule has 7 nitrogen and oxygen atoms in total. The molecule has 0 radical (unpaired) electrons. The maximum Gasteiger partial charge on any atom is 0.338 e. The number of thiazole rings is 1. The number of amides is 1. The summed E-state index contributed by atoms with van der Waals surface area (Å²) in [5.74, 6) is -0.847. The lowest BCUT2D eigenvalue weighted by Crippen LogP contribution is -2.23. The largest absolute Gasteiger partial charge is 0.493 e. The van der Waals surface area contributed by atoms with Crippen LogP contribution in [0.3, 0.4) is 0 Å². The smallest absolute Gasteiger partial charge is 0.338 e. The summed E-state index contributed by atoms with van der Waals surface area (Å²) in [6, 6.07) is 13.4. The van der Waals surface area contributed by atoms with Gasteiger partial charge in [0.1, 0.15) is 6.04 Å². The molecule has 0 spiro atoms. The molecule has 0 saturated heterocycles. The van der Waals surface area contributed by atoms with Gasteiger partial charge in [0.05, 0.1) is 22.7 Å². The number of anilines is 1. The van der Waals surface area contributed by atoms with Gasteiger partial charge in [0, 0.05) is 23.0 Å². The quantitative estimate of drug-likeness (QED) is 0.354. The number of benzene rings is 2. The average Bonchev–Trinajstić information content (AvgIpc) is 3.34. The predicted octanol–water partition coefficient (Wildman–Crippen LogP) is 5.62. The van der Waals surface area contributed by atoms with E-state index in [0.717, 1.165) is 16.8 Å². The third-order valence-corrected chi connectivity index (χ3v) is 6.46. The first-order valence-electron chi connectivity index (χ1n) is 10.3. The van der Waals surface area contributed by atoms with Crippen molar-refractivity contribution in [2.45, 2.75) is 19.9 Å². The zero-order chi connectivity index (χ0) is 23.5. The van der Waals surface area contributed by atoms with Crippen molar-refractivity contribution >= 4 is 64.7 Å². The molecule has 0 aliphatic carbocycles. The second-order valence-electron chi connectivity index (χ2n) is 7.26. The molecule has 3 aromatic rings. The van der Waals surface area contributed by atoms with Crippen LogP contribution in [0.15, 0.2) is 53.5 Å². The van der Waals surface area contributed by atoms with Gasteiger partial charge in [-0.3, -0.25) is 14.4 Å². The molecule has 33 heavy (non-hydrogen) atoms. The Morgan fingerprint density at radius 1 is 1.24 bits per heavy atom. The molecule has 1 amide bonds. The standard InChI is InChI=1S/C24H21N3O4S2/c1-3-31-23(30)15-8-10-17(11-9-15)26-21(28)14(2)27-22(29)20(33-24(27)32)12-16-13-25-19-7-5-4-6-18(16)19/h4-14,29H,3H2,1-2H3,(H,26,28)/b16-12+. The first-order valence-corrected chi connectivity index (χ1v) is 11.5. The minimum absolute atomic E-state index is 0.0735. The number of hydrogen-bond donors (Lipinski definition) is 2. The second-order valence-corrected chi connectivity index (χ2v) is 8.94. The number of aromatic hydroxyl groups is 1. The third-order valence-electron chi connectivity index (χ3n) is 5.12. The Bertz CT molecular complexity index is 1340. The molecular formula is C24H21N3O4S2. The number of ether oxygens (including phenoxy) is 1. The van der Waals surface area contributed by atoms with Crippen LogP contribution in [0.2, 0.25) is 0 Å². The van der Waals surface area contributed by atoms with E-state index >= 15 is 0 Å². The highest BCUT2D eigenvalue weighted by Crippen LogP contribution is 2.37. The van der Waals surface area contributed by atoms with Gasteiger partial charge in [-0.15, -0.1) is 11.3 Å². The first kappa shape index (κ1) is 22.6. The summed E-state index contributed by atoms with van der Waals surface area (Å²) in [5, 5.41) is 13.6. The molecule has 2 N–H and O–H groups in total. The van der Waals surface area contributed by atoms with E-state index in [0.29, 0.717) is 20.1 Å². The van der Waals surface area contributed by atoms with Gasteiger partial charge in [-0.05, 0) is 62.5 Å². The minimum atomic E-state index is -0.754. The molecule has 1 atom stereocenters. The van der Waals surface area contributed by atoms with Gasteiger partial charge in [0.25, 0.3) is 0 Å². The number of allylic oxidation sites excluding steroid dienone is 1. The molecule has 4 rings (SSSR count). The monoisotopic (exact) mass is 479 g/mol. The fraction of sp³-hybridized carbons (Fsp3) is 0.167. The van der Waals surface area contributed by atoms with Crippen molar-refractivity contribution in [2.75, 3.05) is 11.9 Å². The lowest BCUT2D eigenvalue weighted by atomic mass is 10.1. The SMILES string of the molecule is CCOC(=O)c1ccc(NC(=O)C(C)n2c(O)c(/C=C3\C=Nc4ccccc43)sc2=S)cc1. The fourth-order valence-electron chi connectivity index (χ4n) is 3.39. The molecule has 1 aliphatic rings. The number of aromatic nitrogens is 1. The number of hydrogen-bond acceptors (Lipinski definition) is 7. The normalized spacial score (nSPS) is 14.2. The van der Waals surface area contributed by atoms with Crippen LogP contribution >= 0.6 is 23.6 Å². The minimum Gasteiger partial charge on any atom is -0.493 e. The summed E-state index contributed by atoms with van der Waals surface area (Å²) in [5.41, 5.74) is 3.62. The maximum atomic E-state index is 12.8. The lowest BCUT2D eigenvalue weighted by Gasteiger charge is -2.15. The number of nitrogens with zero attached hydrogens (tertiary/aromatic N) is 2. The highest BCUT2D eigenvalue weighted by Gasteiger charge is 2.23. The Morgan fingerprint density at radius 3 is 2.70 bits per heavy atom. The highest BCUT2D eigenvalue weighted by atomic mass is 32.1. The summed E-state index contributed by atoms with van der Waals surface area (Å²) in [6.07, 6.45) is 3.56. The van der Waals surface area contributed by atoms with Crippen LogP contribution < -0.4 is 5.32 Å². The molecule has 2 heterocycles. The molecule has 1 unspecified atom stereocenters. The molecule has 9 heteroatoms. The van der Waals surface area contributed by atoms with Crippen LogP contribution in [0.5, 0.6) is 5.88 Å². The van der Waals surface area contributed by atoms with Crippen molar-refractivity contribution < 1.29 is 19.4 Å². The second kappa shape index (κ2) is 9.51. The predicted molar refractivity (Wildman–Crippen MR) is 133 cm³/mol. The molecule has 1 aliphatic heterocycles. The van der Waals surface area contributed by atoms with E-state index in [9.17, 15) is 14.7 Å². The van der Waals surface area contributed by atoms with Crippen LogP contribution in [-0.2, 0) is 9.53 Å².